The minimum absolute atomic E-state index is 0. The van der Waals surface area contributed by atoms with Crippen molar-refractivity contribution in [2.45, 2.75) is 0 Å². The van der Waals surface area contributed by atoms with Crippen molar-refractivity contribution >= 4 is 109 Å². The van der Waals surface area contributed by atoms with Gasteiger partial charge < -0.3 is 14.2 Å². The van der Waals surface area contributed by atoms with Crippen LogP contribution in [0.5, 0.6) is 5.75 Å². The second kappa shape index (κ2) is 27.2. The topological polar surface area (TPSA) is 63.6 Å². The Labute approximate surface area is 619 Å². The van der Waals surface area contributed by atoms with Gasteiger partial charge in [-0.05, 0) is 190 Å². The van der Waals surface area contributed by atoms with E-state index in [2.05, 4.69) is 371 Å². The van der Waals surface area contributed by atoms with Crippen molar-refractivity contribution in [2.24, 2.45) is 0 Å². The van der Waals surface area contributed by atoms with E-state index in [9.17, 15) is 5.11 Å². The number of hydrogen-bond donors (Lipinski definition) is 0. The van der Waals surface area contributed by atoms with Gasteiger partial charge in [0.05, 0.1) is 38.6 Å². The van der Waals surface area contributed by atoms with Crippen molar-refractivity contribution in [3.63, 3.8) is 0 Å². The molecule has 21 aromatic rings. The van der Waals surface area contributed by atoms with Crippen molar-refractivity contribution in [3.05, 3.63) is 388 Å². The number of aromatic nitrogens is 5. The maximum Gasteiger partial charge on any atom is 1.00 e. The molecule has 0 aliphatic carbocycles. The Bertz CT molecular complexity index is 6590. The van der Waals surface area contributed by atoms with Crippen molar-refractivity contribution in [2.75, 3.05) is 0 Å². The molecule has 0 unspecified atom stereocenters. The summed E-state index contributed by atoms with van der Waals surface area (Å²) in [5.74, 6) is 0.922. The van der Waals surface area contributed by atoms with Gasteiger partial charge >= 0.3 is 18.9 Å². The van der Waals surface area contributed by atoms with Gasteiger partial charge in [-0.2, -0.15) is 0 Å². The molecule has 0 radical (unpaired) electrons. The molecule has 488 valence electrons. The summed E-state index contributed by atoms with van der Waals surface area (Å²) in [6.07, 6.45) is 1.63. The summed E-state index contributed by atoms with van der Waals surface area (Å²) >= 11 is 0. The summed E-state index contributed by atoms with van der Waals surface area (Å²) in [5.41, 5.74) is 21.8. The van der Waals surface area contributed by atoms with E-state index >= 15 is 0 Å². The normalized spacial score (nSPS) is 11.4. The molecule has 21 rings (SSSR count). The summed E-state index contributed by atoms with van der Waals surface area (Å²) in [7, 11) is 0. The first-order valence-electron chi connectivity index (χ1n) is 35.3. The van der Waals surface area contributed by atoms with Crippen LogP contribution >= 0.6 is 0 Å². The average Bonchev–Trinajstić information content (AvgIpc) is 1.41. The van der Waals surface area contributed by atoms with E-state index in [4.69, 9.17) is 4.98 Å². The third kappa shape index (κ3) is 11.5. The maximum atomic E-state index is 11.1. The van der Waals surface area contributed by atoms with E-state index < -0.39 is 0 Å². The smallest absolute Gasteiger partial charge is 0.871 e. The van der Waals surface area contributed by atoms with Gasteiger partial charge in [-0.3, -0.25) is 9.55 Å². The van der Waals surface area contributed by atoms with E-state index in [1.165, 1.54) is 143 Å². The Morgan fingerprint density at radius 1 is 0.229 bits per heavy atom. The number of benzene rings is 17. The predicted molar refractivity (Wildman–Crippen MR) is 435 cm³/mol. The molecular weight excluding hydrogens is 1270 g/mol. The summed E-state index contributed by atoms with van der Waals surface area (Å²) in [6, 6.07) is 136. The van der Waals surface area contributed by atoms with Gasteiger partial charge in [0.15, 0.2) is 0 Å². The fourth-order valence-corrected chi connectivity index (χ4v) is 15.6. The van der Waals surface area contributed by atoms with Gasteiger partial charge in [-0.15, -0.1) is 0 Å². The number of imidazole rings is 1. The molecule has 0 fully saturated rings. The standard InChI is InChI=1S/C53H34N2.C36H24N2.C9H7NO.Li/c1-2-16-44(17-3-1)55-50-21-11-10-20-49(50)54-53(55)38-26-22-37(23-27-38)41-30-31-47-48(34-41)52(43-29-25-36-13-5-7-15-40(36)33-43)46-19-9-8-18-45(46)51(47)42-28-24-35-12-4-6-14-39(35)32-42;1-5-13-33-29(9-1)30-10-2-6-14-34(30)37(33)27-21-17-25(18-22-27)26-19-23-28(24-20-26)38-35-15-7-3-11-31(35)32-12-4-8-16-36(32)38;11-8-5-1-3-7-4-2-6-10-9(7)8;/h1-34H;1-24H;1-6,11H;/q;;;+1/p-1. The average molecular weight is 1330 g/mol. The number of pyridine rings is 1. The van der Waals surface area contributed by atoms with E-state index in [-0.39, 0.29) is 24.6 Å². The minimum Gasteiger partial charge on any atom is -0.871 e. The molecule has 0 aliphatic heterocycles. The van der Waals surface area contributed by atoms with Crippen molar-refractivity contribution in [1.82, 2.24) is 23.7 Å². The van der Waals surface area contributed by atoms with Crippen LogP contribution in [0.25, 0.3) is 182 Å². The van der Waals surface area contributed by atoms with E-state index in [0.29, 0.717) is 5.52 Å². The van der Waals surface area contributed by atoms with Crippen LogP contribution < -0.4 is 24.0 Å². The molecule has 0 atom stereocenters. The Balaban J connectivity index is 0.000000135. The Kier molecular flexibility index (Phi) is 16.5. The summed E-state index contributed by atoms with van der Waals surface area (Å²) in [6.45, 7) is 0. The zero-order valence-electron chi connectivity index (χ0n) is 57.6. The van der Waals surface area contributed by atoms with Crippen molar-refractivity contribution in [3.8, 4) is 78.7 Å². The molecule has 105 heavy (non-hydrogen) atoms. The van der Waals surface area contributed by atoms with Crippen LogP contribution in [0, 0.1) is 0 Å². The predicted octanol–water partition coefficient (Wildman–Crippen LogP) is 22.2. The van der Waals surface area contributed by atoms with Gasteiger partial charge in [-0.1, -0.05) is 291 Å². The zero-order chi connectivity index (χ0) is 69.0. The van der Waals surface area contributed by atoms with Crippen molar-refractivity contribution in [1.29, 1.82) is 0 Å². The molecule has 0 amide bonds. The van der Waals surface area contributed by atoms with Crippen LogP contribution in [-0.2, 0) is 0 Å². The number of fused-ring (bicyclic) bond motifs is 12. The first-order valence-corrected chi connectivity index (χ1v) is 35.3. The van der Waals surface area contributed by atoms with Crippen LogP contribution in [0.1, 0.15) is 0 Å². The van der Waals surface area contributed by atoms with Crippen LogP contribution in [0.4, 0.5) is 0 Å². The molecule has 4 aromatic heterocycles. The summed E-state index contributed by atoms with van der Waals surface area (Å²) in [4.78, 5) is 9.09. The molecule has 4 heterocycles. The van der Waals surface area contributed by atoms with Gasteiger partial charge in [0.1, 0.15) is 5.82 Å². The molecule has 0 aliphatic rings. The number of rotatable bonds is 8. The van der Waals surface area contributed by atoms with Gasteiger partial charge in [0.2, 0.25) is 0 Å². The third-order valence-electron chi connectivity index (χ3n) is 20.5. The first kappa shape index (κ1) is 63.8. The molecule has 0 N–H and O–H groups in total. The van der Waals surface area contributed by atoms with Crippen molar-refractivity contribution < 1.29 is 24.0 Å². The molecule has 0 saturated carbocycles. The second-order valence-corrected chi connectivity index (χ2v) is 26.5. The summed E-state index contributed by atoms with van der Waals surface area (Å²) in [5, 5.41) is 27.1. The van der Waals surface area contributed by atoms with Gasteiger partial charge in [0, 0.05) is 50.4 Å². The second-order valence-electron chi connectivity index (χ2n) is 26.5. The molecule has 17 aromatic carbocycles. The van der Waals surface area contributed by atoms with Crippen LogP contribution in [0.2, 0.25) is 0 Å². The zero-order valence-corrected chi connectivity index (χ0v) is 57.6. The van der Waals surface area contributed by atoms with Gasteiger partial charge in [0.25, 0.3) is 0 Å². The molecular formula is C98H64LiN5O. The molecule has 0 bridgehead atoms. The number of hydrogen-bond acceptors (Lipinski definition) is 3. The molecule has 0 saturated heterocycles. The Hall–Kier alpha value is -13.3. The fourth-order valence-electron chi connectivity index (χ4n) is 15.6. The largest absolute Gasteiger partial charge is 1.00 e. The maximum absolute atomic E-state index is 11.1. The van der Waals surface area contributed by atoms with Crippen LogP contribution in [0.15, 0.2) is 388 Å². The van der Waals surface area contributed by atoms with Crippen LogP contribution in [-0.4, -0.2) is 23.7 Å². The monoisotopic (exact) mass is 1330 g/mol. The molecule has 6 nitrogen and oxygen atoms in total. The number of para-hydroxylation sites is 8. The number of nitrogens with zero attached hydrogens (tertiary/aromatic N) is 5. The Morgan fingerprint density at radius 2 is 0.600 bits per heavy atom. The quantitative estimate of drug-likeness (QED) is 0.112. The van der Waals surface area contributed by atoms with E-state index in [0.717, 1.165) is 39.1 Å². The first-order chi connectivity index (χ1) is 51.5. The van der Waals surface area contributed by atoms with E-state index in [1.807, 2.05) is 18.2 Å². The molecule has 0 spiro atoms. The summed E-state index contributed by atoms with van der Waals surface area (Å²) < 4.78 is 6.98. The van der Waals surface area contributed by atoms with Crippen LogP contribution in [0.3, 0.4) is 0 Å². The third-order valence-corrected chi connectivity index (χ3v) is 20.5. The SMILES string of the molecule is [Li+].[O-]c1cccc2cccnc12.c1ccc(-n2c(-c3ccc(-c4ccc5c(-c6ccc7ccccc7c6)c6ccccc6c(-c6ccc7ccccc7c6)c5c4)cc3)nc3ccccc32)cc1.c1ccc2c(c1)c1ccccc1n2-c1ccc(-c2ccc(-n3c4ccccc4c4ccccc43)cc2)cc1. The minimum atomic E-state index is -0.0110. The molecule has 7 heteroatoms. The Morgan fingerprint density at radius 3 is 1.12 bits per heavy atom. The van der Waals surface area contributed by atoms with E-state index in [1.54, 1.807) is 12.3 Å². The van der Waals surface area contributed by atoms with Gasteiger partial charge in [-0.25, -0.2) is 4.98 Å². The fraction of sp³-hybridized carbons (Fsp3) is 0.